The predicted molar refractivity (Wildman–Crippen MR) is 155 cm³/mol. The quantitative estimate of drug-likeness (QED) is 0.240. The lowest BCUT2D eigenvalue weighted by molar-refractivity contribution is 0.103. The fraction of sp³-hybridized carbons (Fsp3) is 0.242. The number of carbonyl (C=O) groups is 1. The summed E-state index contributed by atoms with van der Waals surface area (Å²) >= 11 is 3.43. The van der Waals surface area contributed by atoms with Gasteiger partial charge in [-0.3, -0.25) is 4.79 Å². The van der Waals surface area contributed by atoms with E-state index in [0.717, 1.165) is 9.79 Å². The van der Waals surface area contributed by atoms with Crippen molar-refractivity contribution in [2.24, 2.45) is 0 Å². The molecule has 0 spiro atoms. The average molecular weight is 511 g/mol. The molecule has 0 atom stereocenters. The molecule has 0 fully saturated rings. The van der Waals surface area contributed by atoms with Gasteiger partial charge >= 0.3 is 0 Å². The molecule has 0 saturated heterocycles. The van der Waals surface area contributed by atoms with Crippen molar-refractivity contribution in [3.63, 3.8) is 0 Å². The van der Waals surface area contributed by atoms with Crippen molar-refractivity contribution in [1.82, 2.24) is 0 Å². The van der Waals surface area contributed by atoms with E-state index < -0.39 is 0 Å². The molecule has 4 aromatic rings. The van der Waals surface area contributed by atoms with Crippen LogP contribution in [0.1, 0.15) is 68.6 Å². The van der Waals surface area contributed by atoms with Crippen LogP contribution in [0.2, 0.25) is 0 Å². The summed E-state index contributed by atoms with van der Waals surface area (Å²) in [4.78, 5) is 17.7. The Hall–Kier alpha value is -2.75. The SMILES string of the molecule is CC(C)(C)c1ccc(Sc2ccc(C(=O)c3ccc(Sc4ccc(C(C)(C)C)cc4)cc3)cc2)cc1. The lowest BCUT2D eigenvalue weighted by atomic mass is 9.87. The highest BCUT2D eigenvalue weighted by molar-refractivity contribution is 7.99. The van der Waals surface area contributed by atoms with Gasteiger partial charge in [-0.05, 0) is 94.8 Å². The van der Waals surface area contributed by atoms with Gasteiger partial charge in [0, 0.05) is 30.7 Å². The first-order chi connectivity index (χ1) is 17.0. The Balaban J connectivity index is 1.38. The summed E-state index contributed by atoms with van der Waals surface area (Å²) in [7, 11) is 0. The minimum atomic E-state index is 0.0483. The van der Waals surface area contributed by atoms with Crippen LogP contribution in [0.3, 0.4) is 0 Å². The Morgan fingerprint density at radius 3 is 0.944 bits per heavy atom. The molecule has 0 aliphatic carbocycles. The predicted octanol–water partition coefficient (Wildman–Crippen LogP) is 9.81. The normalized spacial score (nSPS) is 11.9. The summed E-state index contributed by atoms with van der Waals surface area (Å²) in [6, 6.07) is 33.3. The Morgan fingerprint density at radius 1 is 0.444 bits per heavy atom. The van der Waals surface area contributed by atoms with Crippen LogP contribution in [-0.2, 0) is 10.8 Å². The number of benzene rings is 4. The second kappa shape index (κ2) is 10.7. The van der Waals surface area contributed by atoms with E-state index in [1.165, 1.54) is 20.9 Å². The average Bonchev–Trinajstić information content (AvgIpc) is 2.84. The second-order valence-corrected chi connectivity index (χ2v) is 13.4. The number of rotatable bonds is 6. The van der Waals surface area contributed by atoms with Gasteiger partial charge in [0.1, 0.15) is 0 Å². The second-order valence-electron chi connectivity index (χ2n) is 11.1. The smallest absolute Gasteiger partial charge is 0.193 e. The van der Waals surface area contributed by atoms with E-state index in [-0.39, 0.29) is 16.6 Å². The maximum absolute atomic E-state index is 13.0. The molecule has 0 saturated carbocycles. The highest BCUT2D eigenvalue weighted by atomic mass is 32.2. The molecule has 36 heavy (non-hydrogen) atoms. The summed E-state index contributed by atoms with van der Waals surface area (Å²) in [6.45, 7) is 13.4. The lowest BCUT2D eigenvalue weighted by Crippen LogP contribution is -2.10. The first kappa shape index (κ1) is 26.3. The molecule has 184 valence electrons. The molecule has 0 aliphatic rings. The third kappa shape index (κ3) is 6.72. The molecule has 0 aromatic heterocycles. The Labute approximate surface area is 224 Å². The van der Waals surface area contributed by atoms with Crippen molar-refractivity contribution in [2.45, 2.75) is 72.0 Å². The van der Waals surface area contributed by atoms with Gasteiger partial charge in [-0.25, -0.2) is 0 Å². The fourth-order valence-corrected chi connectivity index (χ4v) is 5.47. The zero-order chi connectivity index (χ0) is 25.9. The first-order valence-electron chi connectivity index (χ1n) is 12.3. The third-order valence-electron chi connectivity index (χ3n) is 6.15. The van der Waals surface area contributed by atoms with E-state index in [4.69, 9.17) is 0 Å². The molecule has 0 amide bonds. The van der Waals surface area contributed by atoms with Gasteiger partial charge in [-0.1, -0.05) is 89.3 Å². The number of hydrogen-bond acceptors (Lipinski definition) is 3. The highest BCUT2D eigenvalue weighted by Crippen LogP contribution is 2.32. The lowest BCUT2D eigenvalue weighted by Gasteiger charge is -2.19. The van der Waals surface area contributed by atoms with Crippen molar-refractivity contribution in [1.29, 1.82) is 0 Å². The van der Waals surface area contributed by atoms with Crippen molar-refractivity contribution in [3.05, 3.63) is 119 Å². The van der Waals surface area contributed by atoms with E-state index in [9.17, 15) is 4.79 Å². The van der Waals surface area contributed by atoms with Crippen LogP contribution >= 0.6 is 23.5 Å². The van der Waals surface area contributed by atoms with Crippen LogP contribution in [0.4, 0.5) is 0 Å². The third-order valence-corrected chi connectivity index (χ3v) is 8.18. The number of ketones is 1. The van der Waals surface area contributed by atoms with Gasteiger partial charge in [-0.2, -0.15) is 0 Å². The maximum atomic E-state index is 13.0. The molecule has 3 heteroatoms. The van der Waals surface area contributed by atoms with Crippen molar-refractivity contribution < 1.29 is 4.79 Å². The molecular weight excluding hydrogens is 476 g/mol. The van der Waals surface area contributed by atoms with Gasteiger partial charge in [0.25, 0.3) is 0 Å². The summed E-state index contributed by atoms with van der Waals surface area (Å²) in [5.74, 6) is 0.0483. The van der Waals surface area contributed by atoms with Crippen LogP contribution in [0.25, 0.3) is 0 Å². The summed E-state index contributed by atoms with van der Waals surface area (Å²) in [5.41, 5.74) is 4.38. The van der Waals surface area contributed by atoms with Crippen LogP contribution in [-0.4, -0.2) is 5.78 Å². The van der Waals surface area contributed by atoms with Crippen molar-refractivity contribution in [3.8, 4) is 0 Å². The van der Waals surface area contributed by atoms with Crippen LogP contribution in [0.15, 0.2) is 117 Å². The van der Waals surface area contributed by atoms with E-state index in [0.29, 0.717) is 11.1 Å². The molecule has 0 bridgehead atoms. The maximum Gasteiger partial charge on any atom is 0.193 e. The van der Waals surface area contributed by atoms with Crippen LogP contribution < -0.4 is 0 Å². The molecule has 0 heterocycles. The Morgan fingerprint density at radius 2 is 0.694 bits per heavy atom. The zero-order valence-electron chi connectivity index (χ0n) is 22.0. The largest absolute Gasteiger partial charge is 0.289 e. The van der Waals surface area contributed by atoms with Crippen LogP contribution in [0.5, 0.6) is 0 Å². The fourth-order valence-electron chi connectivity index (χ4n) is 3.83. The highest BCUT2D eigenvalue weighted by Gasteiger charge is 2.14. The Bertz CT molecular complexity index is 1200. The molecule has 0 unspecified atom stereocenters. The number of hydrogen-bond donors (Lipinski definition) is 0. The molecule has 0 aliphatic heterocycles. The van der Waals surface area contributed by atoms with Gasteiger partial charge in [0.2, 0.25) is 0 Å². The van der Waals surface area contributed by atoms with Crippen molar-refractivity contribution in [2.75, 3.05) is 0 Å². The van der Waals surface area contributed by atoms with Crippen molar-refractivity contribution >= 4 is 29.3 Å². The topological polar surface area (TPSA) is 17.1 Å². The monoisotopic (exact) mass is 510 g/mol. The summed E-state index contributed by atoms with van der Waals surface area (Å²) < 4.78 is 0. The van der Waals surface area contributed by atoms with Gasteiger partial charge in [0.15, 0.2) is 5.78 Å². The standard InChI is InChI=1S/C33H34OS2/c1-32(2,3)25-11-19-29(20-12-25)35-27-15-7-23(8-16-27)31(34)24-9-17-28(18-10-24)36-30-21-13-26(14-22-30)33(4,5)6/h7-22H,1-6H3. The van der Waals surface area contributed by atoms with Gasteiger partial charge < -0.3 is 0 Å². The molecular formula is C33H34OS2. The van der Waals surface area contributed by atoms with Gasteiger partial charge in [0.05, 0.1) is 0 Å². The molecule has 0 N–H and O–H groups in total. The summed E-state index contributed by atoms with van der Waals surface area (Å²) in [6.07, 6.45) is 0. The number of carbonyl (C=O) groups excluding carboxylic acids is 1. The van der Waals surface area contributed by atoms with E-state index in [1.54, 1.807) is 23.5 Å². The van der Waals surface area contributed by atoms with E-state index >= 15 is 0 Å². The molecule has 0 radical (unpaired) electrons. The Kier molecular flexibility index (Phi) is 7.82. The molecule has 4 aromatic carbocycles. The minimum Gasteiger partial charge on any atom is -0.289 e. The molecule has 1 nitrogen and oxygen atoms in total. The molecule has 4 rings (SSSR count). The van der Waals surface area contributed by atoms with E-state index in [2.05, 4.69) is 90.1 Å². The zero-order valence-corrected chi connectivity index (χ0v) is 23.6. The minimum absolute atomic E-state index is 0.0483. The first-order valence-corrected chi connectivity index (χ1v) is 13.9. The van der Waals surface area contributed by atoms with Gasteiger partial charge in [-0.15, -0.1) is 0 Å². The van der Waals surface area contributed by atoms with Crippen LogP contribution in [0, 0.1) is 0 Å². The van der Waals surface area contributed by atoms with E-state index in [1.807, 2.05) is 48.5 Å². The summed E-state index contributed by atoms with van der Waals surface area (Å²) in [5, 5.41) is 0.